The lowest BCUT2D eigenvalue weighted by Crippen LogP contribution is -2.39. The summed E-state index contributed by atoms with van der Waals surface area (Å²) in [7, 11) is 0. The molecule has 180 valence electrons. The Morgan fingerprint density at radius 1 is 1.00 bits per heavy atom. The maximum atomic E-state index is 9.10. The van der Waals surface area contributed by atoms with Gasteiger partial charge in [0.2, 0.25) is 0 Å². The number of nitrogens with one attached hydrogen (secondary N) is 1. The maximum Gasteiger partial charge on any atom is 0.126 e. The summed E-state index contributed by atoms with van der Waals surface area (Å²) in [5.74, 6) is 2.32. The van der Waals surface area contributed by atoms with Crippen LogP contribution in [0.1, 0.15) is 50.5 Å². The molecule has 5 heteroatoms. The standard InChI is InChI=1S/C30H33ClN4/c31-28-9-3-2-8-27(28)24-15-16-33-30(19-24)34-29-10-4-1-7-25(29)18-23-6-5-17-35(21-23)26-13-11-22(20-32)12-14-26/h2-3,8-9,11-16,19,23,25,29H,1,4-7,10,17-18,21H2,(H,33,34)/t23-,25+,29-/m1/s1. The molecule has 0 radical (unpaired) electrons. The van der Waals surface area contributed by atoms with Crippen LogP contribution in [0.2, 0.25) is 5.02 Å². The lowest BCUT2D eigenvalue weighted by molar-refractivity contribution is 0.247. The van der Waals surface area contributed by atoms with E-state index in [0.29, 0.717) is 17.9 Å². The van der Waals surface area contributed by atoms with Crippen molar-refractivity contribution in [1.82, 2.24) is 4.98 Å². The van der Waals surface area contributed by atoms with E-state index in [4.69, 9.17) is 16.9 Å². The van der Waals surface area contributed by atoms with Gasteiger partial charge in [0.1, 0.15) is 5.82 Å². The van der Waals surface area contributed by atoms with Crippen molar-refractivity contribution in [2.24, 2.45) is 11.8 Å². The van der Waals surface area contributed by atoms with Gasteiger partial charge >= 0.3 is 0 Å². The molecule has 2 heterocycles. The Bertz CT molecular complexity index is 1170. The van der Waals surface area contributed by atoms with E-state index in [1.807, 2.05) is 42.6 Å². The molecule has 2 fully saturated rings. The molecule has 0 bridgehead atoms. The average molecular weight is 485 g/mol. The first kappa shape index (κ1) is 23.7. The highest BCUT2D eigenvalue weighted by molar-refractivity contribution is 6.33. The first-order chi connectivity index (χ1) is 17.2. The molecule has 0 amide bonds. The molecule has 35 heavy (non-hydrogen) atoms. The lowest BCUT2D eigenvalue weighted by Gasteiger charge is -2.39. The summed E-state index contributed by atoms with van der Waals surface area (Å²) in [6.45, 7) is 2.21. The van der Waals surface area contributed by atoms with Crippen LogP contribution in [0.4, 0.5) is 11.5 Å². The lowest BCUT2D eigenvalue weighted by atomic mass is 9.77. The van der Waals surface area contributed by atoms with E-state index < -0.39 is 0 Å². The second-order valence-electron chi connectivity index (χ2n) is 10.1. The summed E-state index contributed by atoms with van der Waals surface area (Å²) in [6.07, 6.45) is 10.8. The molecule has 3 aromatic rings. The minimum atomic E-state index is 0.461. The van der Waals surface area contributed by atoms with Crippen LogP contribution in [0.15, 0.2) is 66.9 Å². The van der Waals surface area contributed by atoms with Crippen molar-refractivity contribution in [3.8, 4) is 17.2 Å². The summed E-state index contributed by atoms with van der Waals surface area (Å²) < 4.78 is 0. The van der Waals surface area contributed by atoms with E-state index in [1.165, 1.54) is 50.6 Å². The zero-order chi connectivity index (χ0) is 24.0. The Balaban J connectivity index is 1.25. The number of nitriles is 1. The molecule has 1 saturated heterocycles. The van der Waals surface area contributed by atoms with E-state index in [2.05, 4.69) is 45.5 Å². The Morgan fingerprint density at radius 3 is 2.66 bits per heavy atom. The van der Waals surface area contributed by atoms with Crippen molar-refractivity contribution in [2.45, 2.75) is 51.0 Å². The number of rotatable bonds is 6. The van der Waals surface area contributed by atoms with Gasteiger partial charge in [0.15, 0.2) is 0 Å². The van der Waals surface area contributed by atoms with Gasteiger partial charge in [-0.2, -0.15) is 5.26 Å². The highest BCUT2D eigenvalue weighted by Gasteiger charge is 2.30. The van der Waals surface area contributed by atoms with E-state index in [9.17, 15) is 0 Å². The minimum Gasteiger partial charge on any atom is -0.371 e. The highest BCUT2D eigenvalue weighted by Crippen LogP contribution is 2.36. The van der Waals surface area contributed by atoms with Crippen molar-refractivity contribution >= 4 is 23.1 Å². The largest absolute Gasteiger partial charge is 0.371 e. The highest BCUT2D eigenvalue weighted by atomic mass is 35.5. The molecule has 1 aromatic heterocycles. The number of benzene rings is 2. The van der Waals surface area contributed by atoms with Crippen LogP contribution in [-0.4, -0.2) is 24.1 Å². The van der Waals surface area contributed by atoms with Gasteiger partial charge in [0.25, 0.3) is 0 Å². The number of hydrogen-bond donors (Lipinski definition) is 1. The van der Waals surface area contributed by atoms with E-state index >= 15 is 0 Å². The maximum absolute atomic E-state index is 9.10. The number of halogens is 1. The number of pyridine rings is 1. The van der Waals surface area contributed by atoms with Gasteiger partial charge in [-0.1, -0.05) is 42.6 Å². The smallest absolute Gasteiger partial charge is 0.126 e. The summed E-state index contributed by atoms with van der Waals surface area (Å²) in [5.41, 5.74) is 4.12. The Hall–Kier alpha value is -3.03. The third-order valence-corrected chi connectivity index (χ3v) is 8.03. The van der Waals surface area contributed by atoms with Crippen LogP contribution < -0.4 is 10.2 Å². The third-order valence-electron chi connectivity index (χ3n) is 7.70. The molecule has 1 aliphatic heterocycles. The molecule has 2 aliphatic rings. The topological polar surface area (TPSA) is 52.0 Å². The second-order valence-corrected chi connectivity index (χ2v) is 10.5. The quantitative estimate of drug-likeness (QED) is 0.392. The van der Waals surface area contributed by atoms with Crippen LogP contribution in [0.5, 0.6) is 0 Å². The fraction of sp³-hybridized carbons (Fsp3) is 0.400. The molecule has 1 N–H and O–H groups in total. The van der Waals surface area contributed by atoms with Crippen molar-refractivity contribution in [1.29, 1.82) is 5.26 Å². The fourth-order valence-corrected chi connectivity index (χ4v) is 6.15. The molecule has 4 nitrogen and oxygen atoms in total. The third kappa shape index (κ3) is 5.80. The molecular formula is C30H33ClN4. The zero-order valence-corrected chi connectivity index (χ0v) is 20.9. The predicted octanol–water partition coefficient (Wildman–Crippen LogP) is 7.55. The van der Waals surface area contributed by atoms with Gasteiger partial charge in [-0.3, -0.25) is 0 Å². The van der Waals surface area contributed by atoms with Crippen molar-refractivity contribution in [3.63, 3.8) is 0 Å². The number of anilines is 2. The number of nitrogens with zero attached hydrogens (tertiary/aromatic N) is 3. The summed E-state index contributed by atoms with van der Waals surface area (Å²) in [6, 6.07) is 22.9. The van der Waals surface area contributed by atoms with Gasteiger partial charge in [0, 0.05) is 41.6 Å². The zero-order valence-electron chi connectivity index (χ0n) is 20.2. The van der Waals surface area contributed by atoms with Crippen LogP contribution in [-0.2, 0) is 0 Å². The van der Waals surface area contributed by atoms with Crippen molar-refractivity contribution in [3.05, 3.63) is 77.4 Å². The minimum absolute atomic E-state index is 0.461. The second kappa shape index (κ2) is 11.1. The van der Waals surface area contributed by atoms with Crippen molar-refractivity contribution in [2.75, 3.05) is 23.3 Å². The van der Waals surface area contributed by atoms with Gasteiger partial charge in [-0.05, 0) is 92.0 Å². The van der Waals surface area contributed by atoms with E-state index in [1.54, 1.807) is 0 Å². The summed E-state index contributed by atoms with van der Waals surface area (Å²) in [5, 5.41) is 13.7. The fourth-order valence-electron chi connectivity index (χ4n) is 5.91. The molecule has 0 unspecified atom stereocenters. The summed E-state index contributed by atoms with van der Waals surface area (Å²) in [4.78, 5) is 7.16. The van der Waals surface area contributed by atoms with Gasteiger partial charge in [-0.15, -0.1) is 0 Å². The van der Waals surface area contributed by atoms with Crippen LogP contribution in [0.25, 0.3) is 11.1 Å². The molecule has 3 atom stereocenters. The number of aromatic nitrogens is 1. The Kier molecular flexibility index (Phi) is 7.54. The number of hydrogen-bond acceptors (Lipinski definition) is 4. The molecule has 1 aliphatic carbocycles. The van der Waals surface area contributed by atoms with E-state index in [0.717, 1.165) is 40.6 Å². The van der Waals surface area contributed by atoms with Crippen LogP contribution >= 0.6 is 11.6 Å². The normalized spacial score (nSPS) is 22.4. The van der Waals surface area contributed by atoms with Crippen molar-refractivity contribution < 1.29 is 0 Å². The first-order valence-electron chi connectivity index (χ1n) is 12.9. The average Bonchev–Trinajstić information content (AvgIpc) is 2.90. The SMILES string of the molecule is N#Cc1ccc(N2CCC[C@H](C[C@@H]3CCCC[C@H]3Nc3cc(-c4ccccc4Cl)ccn3)C2)cc1. The number of piperidine rings is 1. The van der Waals surface area contributed by atoms with E-state index in [-0.39, 0.29) is 0 Å². The monoisotopic (exact) mass is 484 g/mol. The van der Waals surface area contributed by atoms with Gasteiger partial charge in [-0.25, -0.2) is 4.98 Å². The van der Waals surface area contributed by atoms with Gasteiger partial charge in [0.05, 0.1) is 11.6 Å². The summed E-state index contributed by atoms with van der Waals surface area (Å²) >= 11 is 6.45. The first-order valence-corrected chi connectivity index (χ1v) is 13.3. The molecule has 0 spiro atoms. The molecule has 5 rings (SSSR count). The predicted molar refractivity (Wildman–Crippen MR) is 145 cm³/mol. The molecule has 2 aromatic carbocycles. The molecule has 1 saturated carbocycles. The Labute approximate surface area is 214 Å². The van der Waals surface area contributed by atoms with Crippen LogP contribution in [0.3, 0.4) is 0 Å². The molecular weight excluding hydrogens is 452 g/mol. The van der Waals surface area contributed by atoms with Gasteiger partial charge < -0.3 is 10.2 Å². The van der Waals surface area contributed by atoms with Crippen LogP contribution in [0, 0.1) is 23.2 Å². The Morgan fingerprint density at radius 2 is 1.83 bits per heavy atom.